The van der Waals surface area contributed by atoms with E-state index in [1.54, 1.807) is 24.9 Å². The van der Waals surface area contributed by atoms with E-state index in [-0.39, 0.29) is 17.4 Å². The lowest BCUT2D eigenvalue weighted by molar-refractivity contribution is -0.129. The lowest BCUT2D eigenvalue weighted by Gasteiger charge is -2.16. The second-order valence-corrected chi connectivity index (χ2v) is 8.98. The highest BCUT2D eigenvalue weighted by Gasteiger charge is 2.17. The number of pyridine rings is 1. The highest BCUT2D eigenvalue weighted by atomic mass is 16.5. The minimum atomic E-state index is -0.462. The zero-order valence-electron chi connectivity index (χ0n) is 20.7. The third kappa shape index (κ3) is 6.27. The lowest BCUT2D eigenvalue weighted by atomic mass is 10.0. The molecule has 0 aliphatic heterocycles. The van der Waals surface area contributed by atoms with Gasteiger partial charge in [0.05, 0.1) is 12.6 Å². The molecule has 1 heterocycles. The molecule has 0 saturated carbocycles. The summed E-state index contributed by atoms with van der Waals surface area (Å²) >= 11 is 0. The molecule has 3 rings (SSSR count). The largest absolute Gasteiger partial charge is 0.496 e. The average molecular weight is 480 g/mol. The Morgan fingerprint density at radius 3 is 2.43 bits per heavy atom. The Kier molecular flexibility index (Phi) is 8.65. The van der Waals surface area contributed by atoms with Crippen LogP contribution in [0.4, 0.5) is 5.69 Å². The third-order valence-electron chi connectivity index (χ3n) is 6.10. The van der Waals surface area contributed by atoms with Crippen LogP contribution in [0.25, 0.3) is 10.9 Å². The van der Waals surface area contributed by atoms with Gasteiger partial charge in [0.1, 0.15) is 11.3 Å². The van der Waals surface area contributed by atoms with Crippen LogP contribution in [0.1, 0.15) is 66.9 Å². The molecular formula is C27H33N3O5. The molecule has 0 saturated heterocycles. The number of ether oxygens (including phenoxy) is 1. The summed E-state index contributed by atoms with van der Waals surface area (Å²) in [6.07, 6.45) is 3.92. The number of methoxy groups -OCH3 is 1. The molecule has 0 unspecified atom stereocenters. The number of anilines is 1. The normalized spacial score (nSPS) is 11.0. The first kappa shape index (κ1) is 26.0. The van der Waals surface area contributed by atoms with E-state index < -0.39 is 11.8 Å². The van der Waals surface area contributed by atoms with Gasteiger partial charge in [0.15, 0.2) is 0 Å². The zero-order valence-corrected chi connectivity index (χ0v) is 20.7. The number of hydrogen-bond acceptors (Lipinski definition) is 5. The van der Waals surface area contributed by atoms with E-state index in [0.717, 1.165) is 24.0 Å². The molecule has 8 heteroatoms. The fourth-order valence-electron chi connectivity index (χ4n) is 4.04. The van der Waals surface area contributed by atoms with E-state index in [1.165, 1.54) is 0 Å². The molecule has 0 bridgehead atoms. The Balaban J connectivity index is 1.91. The van der Waals surface area contributed by atoms with Crippen LogP contribution in [0.15, 0.2) is 47.4 Å². The summed E-state index contributed by atoms with van der Waals surface area (Å²) < 4.78 is 7.34. The monoisotopic (exact) mass is 479 g/mol. The van der Waals surface area contributed by atoms with Gasteiger partial charge >= 0.3 is 0 Å². The van der Waals surface area contributed by atoms with Crippen molar-refractivity contribution < 1.29 is 19.5 Å². The van der Waals surface area contributed by atoms with Gasteiger partial charge < -0.3 is 14.6 Å². The molecule has 0 aliphatic rings. The highest BCUT2D eigenvalue weighted by Crippen LogP contribution is 2.25. The first-order chi connectivity index (χ1) is 16.7. The summed E-state index contributed by atoms with van der Waals surface area (Å²) in [4.78, 5) is 37.7. The van der Waals surface area contributed by atoms with Crippen molar-refractivity contribution in [3.8, 4) is 5.75 Å². The molecule has 0 radical (unpaired) electrons. The maximum absolute atomic E-state index is 13.3. The zero-order chi connectivity index (χ0) is 25.5. The van der Waals surface area contributed by atoms with Crippen molar-refractivity contribution >= 4 is 28.4 Å². The van der Waals surface area contributed by atoms with Crippen molar-refractivity contribution in [1.82, 2.24) is 10.0 Å². The molecule has 0 fully saturated rings. The fourth-order valence-corrected chi connectivity index (χ4v) is 4.04. The Morgan fingerprint density at radius 2 is 1.80 bits per heavy atom. The number of benzene rings is 2. The van der Waals surface area contributed by atoms with Crippen LogP contribution in [-0.4, -0.2) is 28.7 Å². The van der Waals surface area contributed by atoms with Gasteiger partial charge in [0.2, 0.25) is 11.3 Å². The molecular weight excluding hydrogens is 446 g/mol. The molecule has 35 heavy (non-hydrogen) atoms. The Morgan fingerprint density at radius 1 is 1.09 bits per heavy atom. The number of aryl methyl sites for hydroxylation is 2. The first-order valence-corrected chi connectivity index (χ1v) is 11.8. The second-order valence-electron chi connectivity index (χ2n) is 8.98. The molecule has 186 valence electrons. The number of carbonyl (C=O) groups is 2. The van der Waals surface area contributed by atoms with Crippen molar-refractivity contribution in [2.45, 2.75) is 58.9 Å². The van der Waals surface area contributed by atoms with Gasteiger partial charge in [0.25, 0.3) is 5.91 Å². The number of unbranched alkanes of at least 4 members (excludes halogenated alkanes) is 2. The summed E-state index contributed by atoms with van der Waals surface area (Å²) in [5.41, 5.74) is 4.64. The number of nitrogens with zero attached hydrogens (tertiary/aromatic N) is 1. The molecule has 2 aromatic carbocycles. The second kappa shape index (κ2) is 11.7. The third-order valence-corrected chi connectivity index (χ3v) is 6.10. The average Bonchev–Trinajstić information content (AvgIpc) is 2.84. The van der Waals surface area contributed by atoms with Crippen molar-refractivity contribution in [3.63, 3.8) is 0 Å². The fraction of sp³-hybridized carbons (Fsp3) is 0.370. The van der Waals surface area contributed by atoms with Gasteiger partial charge in [-0.25, -0.2) is 5.48 Å². The van der Waals surface area contributed by atoms with Crippen LogP contribution in [0.2, 0.25) is 0 Å². The Labute approximate surface area is 204 Å². The van der Waals surface area contributed by atoms with E-state index in [1.807, 2.05) is 41.8 Å². The standard InChI is InChI=1S/C27H33N3O5/c1-17(2)19-9-11-20(12-10-19)28-27(33)22-16-30(13-7-5-6-8-25(31)29-34)23-15-24(35-4)18(3)14-21(23)26(22)32/h9-12,14-17,34H,5-8,13H2,1-4H3,(H,28,33)(H,29,31). The molecule has 8 nitrogen and oxygen atoms in total. The van der Waals surface area contributed by atoms with Crippen LogP contribution in [0, 0.1) is 6.92 Å². The van der Waals surface area contributed by atoms with E-state index in [0.29, 0.717) is 41.2 Å². The number of rotatable bonds is 10. The van der Waals surface area contributed by atoms with Crippen LogP contribution >= 0.6 is 0 Å². The maximum Gasteiger partial charge on any atom is 0.261 e. The molecule has 0 atom stereocenters. The number of aromatic nitrogens is 1. The highest BCUT2D eigenvalue weighted by molar-refractivity contribution is 6.05. The summed E-state index contributed by atoms with van der Waals surface area (Å²) in [6.45, 7) is 6.61. The number of amides is 2. The summed E-state index contributed by atoms with van der Waals surface area (Å²) in [5.74, 6) is 0.161. The summed E-state index contributed by atoms with van der Waals surface area (Å²) in [7, 11) is 1.58. The number of hydrogen-bond donors (Lipinski definition) is 3. The van der Waals surface area contributed by atoms with E-state index >= 15 is 0 Å². The molecule has 0 aliphatic carbocycles. The minimum absolute atomic E-state index is 0.0645. The van der Waals surface area contributed by atoms with Gasteiger partial charge in [0, 0.05) is 36.3 Å². The van der Waals surface area contributed by atoms with Crippen molar-refractivity contribution in [1.29, 1.82) is 0 Å². The van der Waals surface area contributed by atoms with Gasteiger partial charge in [-0.15, -0.1) is 0 Å². The maximum atomic E-state index is 13.3. The molecule has 3 aromatic rings. The van der Waals surface area contributed by atoms with E-state index in [2.05, 4.69) is 19.2 Å². The minimum Gasteiger partial charge on any atom is -0.496 e. The number of fused-ring (bicyclic) bond motifs is 1. The van der Waals surface area contributed by atoms with Crippen molar-refractivity contribution in [3.05, 3.63) is 69.5 Å². The SMILES string of the molecule is COc1cc2c(cc1C)c(=O)c(C(=O)Nc1ccc(C(C)C)cc1)cn2CCCCCC(=O)NO. The van der Waals surface area contributed by atoms with E-state index in [9.17, 15) is 14.4 Å². The van der Waals surface area contributed by atoms with Crippen molar-refractivity contribution in [2.24, 2.45) is 0 Å². The first-order valence-electron chi connectivity index (χ1n) is 11.8. The van der Waals surface area contributed by atoms with Crippen LogP contribution in [0.3, 0.4) is 0 Å². The number of carbonyl (C=O) groups excluding carboxylic acids is 2. The molecule has 2 amide bonds. The summed E-state index contributed by atoms with van der Waals surface area (Å²) in [5, 5.41) is 11.9. The summed E-state index contributed by atoms with van der Waals surface area (Å²) in [6, 6.07) is 11.2. The number of hydroxylamine groups is 1. The van der Waals surface area contributed by atoms with Gasteiger partial charge in [-0.3, -0.25) is 19.6 Å². The van der Waals surface area contributed by atoms with Gasteiger partial charge in [-0.2, -0.15) is 0 Å². The molecule has 1 aromatic heterocycles. The Bertz CT molecular complexity index is 1260. The van der Waals surface area contributed by atoms with Crippen LogP contribution in [0.5, 0.6) is 5.75 Å². The predicted molar refractivity (Wildman–Crippen MR) is 136 cm³/mol. The van der Waals surface area contributed by atoms with Crippen LogP contribution < -0.4 is 21.0 Å². The molecule has 0 spiro atoms. The van der Waals surface area contributed by atoms with Gasteiger partial charge in [-0.05, 0) is 55.0 Å². The molecule has 3 N–H and O–H groups in total. The smallest absolute Gasteiger partial charge is 0.261 e. The van der Waals surface area contributed by atoms with Crippen molar-refractivity contribution in [2.75, 3.05) is 12.4 Å². The van der Waals surface area contributed by atoms with E-state index in [4.69, 9.17) is 9.94 Å². The number of nitrogens with one attached hydrogen (secondary N) is 2. The lowest BCUT2D eigenvalue weighted by Crippen LogP contribution is -2.24. The topological polar surface area (TPSA) is 110 Å². The predicted octanol–water partition coefficient (Wildman–Crippen LogP) is 4.76. The van der Waals surface area contributed by atoms with Crippen LogP contribution in [-0.2, 0) is 11.3 Å². The quantitative estimate of drug-likeness (QED) is 0.221. The Hall–Kier alpha value is -3.65. The van der Waals surface area contributed by atoms with Gasteiger partial charge in [-0.1, -0.05) is 32.4 Å².